The van der Waals surface area contributed by atoms with Crippen molar-refractivity contribution in [3.63, 3.8) is 0 Å². The Bertz CT molecular complexity index is 434. The van der Waals surface area contributed by atoms with E-state index in [1.54, 1.807) is 11.3 Å². The van der Waals surface area contributed by atoms with Crippen LogP contribution in [0.15, 0.2) is 0 Å². The number of aryl methyl sites for hydroxylation is 2. The van der Waals surface area contributed by atoms with Crippen LogP contribution in [0.1, 0.15) is 28.4 Å². The normalized spacial score (nSPS) is 18.4. The number of methoxy groups -OCH3 is 1. The number of carbonyl (C=O) groups is 1. The van der Waals surface area contributed by atoms with Gasteiger partial charge in [0.1, 0.15) is 0 Å². The lowest BCUT2D eigenvalue weighted by Gasteiger charge is -2.28. The lowest BCUT2D eigenvalue weighted by Crippen LogP contribution is -2.43. The van der Waals surface area contributed by atoms with Gasteiger partial charge in [0, 0.05) is 17.8 Å². The third-order valence-corrected chi connectivity index (χ3v) is 4.93. The van der Waals surface area contributed by atoms with Crippen LogP contribution in [0, 0.1) is 25.2 Å². The van der Waals surface area contributed by atoms with E-state index in [1.165, 1.54) is 12.0 Å². The molecule has 0 aromatic carbocycles. The van der Waals surface area contributed by atoms with Gasteiger partial charge in [-0.3, -0.25) is 4.79 Å². The van der Waals surface area contributed by atoms with E-state index in [4.69, 9.17) is 10.5 Å². The maximum Gasteiger partial charge on any atom is 0.313 e. The molecule has 1 aromatic rings. The van der Waals surface area contributed by atoms with Crippen molar-refractivity contribution in [2.75, 3.05) is 13.7 Å². The summed E-state index contributed by atoms with van der Waals surface area (Å²) in [5.74, 6) is 0.178. The average molecular weight is 268 g/mol. The first-order valence-electron chi connectivity index (χ1n) is 6.25. The fourth-order valence-electron chi connectivity index (χ4n) is 2.43. The summed E-state index contributed by atoms with van der Waals surface area (Å²) in [6.45, 7) is 4.38. The number of rotatable bonds is 5. The minimum absolute atomic E-state index is 0.182. The largest absolute Gasteiger partial charge is 0.469 e. The fourth-order valence-corrected chi connectivity index (χ4v) is 3.49. The monoisotopic (exact) mass is 268 g/mol. The topological polar surface area (TPSA) is 65.2 Å². The first-order chi connectivity index (χ1) is 8.53. The zero-order valence-corrected chi connectivity index (χ0v) is 12.0. The summed E-state index contributed by atoms with van der Waals surface area (Å²) in [7, 11) is 1.44. The van der Waals surface area contributed by atoms with E-state index >= 15 is 0 Å². The lowest BCUT2D eigenvalue weighted by molar-refractivity contribution is -0.153. The molecule has 0 amide bonds. The van der Waals surface area contributed by atoms with Gasteiger partial charge in [0.05, 0.1) is 23.2 Å². The molecule has 18 heavy (non-hydrogen) atoms. The SMILES string of the molecule is COC(=O)C(CN)(Cc1nc(C)c(C)s1)C1CC1. The maximum atomic E-state index is 12.1. The van der Waals surface area contributed by atoms with Crippen LogP contribution in [-0.4, -0.2) is 24.6 Å². The Morgan fingerprint density at radius 3 is 2.61 bits per heavy atom. The van der Waals surface area contributed by atoms with Gasteiger partial charge in [0.15, 0.2) is 0 Å². The molecule has 0 saturated heterocycles. The van der Waals surface area contributed by atoms with Crippen LogP contribution < -0.4 is 5.73 Å². The number of aromatic nitrogens is 1. The summed E-state index contributed by atoms with van der Waals surface area (Å²) < 4.78 is 4.98. The molecule has 0 bridgehead atoms. The number of thiazole rings is 1. The highest BCUT2D eigenvalue weighted by Crippen LogP contribution is 2.48. The predicted octanol–water partition coefficient (Wildman–Crippen LogP) is 1.83. The maximum absolute atomic E-state index is 12.1. The van der Waals surface area contributed by atoms with Crippen molar-refractivity contribution in [1.82, 2.24) is 4.98 Å². The highest BCUT2D eigenvalue weighted by Gasteiger charge is 2.51. The summed E-state index contributed by atoms with van der Waals surface area (Å²) >= 11 is 1.66. The van der Waals surface area contributed by atoms with Crippen molar-refractivity contribution < 1.29 is 9.53 Å². The van der Waals surface area contributed by atoms with Crippen molar-refractivity contribution in [3.8, 4) is 0 Å². The lowest BCUT2D eigenvalue weighted by atomic mass is 9.79. The molecule has 5 heteroatoms. The van der Waals surface area contributed by atoms with Crippen LogP contribution in [0.25, 0.3) is 0 Å². The fraction of sp³-hybridized carbons (Fsp3) is 0.692. The Balaban J connectivity index is 2.27. The second-order valence-corrected chi connectivity index (χ2v) is 6.34. The second-order valence-electron chi connectivity index (χ2n) is 5.05. The Morgan fingerprint density at radius 1 is 1.56 bits per heavy atom. The quantitative estimate of drug-likeness (QED) is 0.827. The highest BCUT2D eigenvalue weighted by atomic mass is 32.1. The van der Waals surface area contributed by atoms with Gasteiger partial charge in [0.25, 0.3) is 0 Å². The average Bonchev–Trinajstić information content (AvgIpc) is 3.14. The van der Waals surface area contributed by atoms with Gasteiger partial charge in [-0.05, 0) is 32.6 Å². The molecule has 2 N–H and O–H groups in total. The molecular weight excluding hydrogens is 248 g/mol. The summed E-state index contributed by atoms with van der Waals surface area (Å²) in [5, 5.41) is 0.993. The third-order valence-electron chi connectivity index (χ3n) is 3.85. The Morgan fingerprint density at radius 2 is 2.22 bits per heavy atom. The molecule has 2 rings (SSSR count). The van der Waals surface area contributed by atoms with E-state index in [-0.39, 0.29) is 5.97 Å². The molecule has 1 aliphatic rings. The second kappa shape index (κ2) is 4.97. The van der Waals surface area contributed by atoms with E-state index in [0.29, 0.717) is 18.9 Å². The van der Waals surface area contributed by atoms with Gasteiger partial charge in [-0.2, -0.15) is 0 Å². The molecule has 0 spiro atoms. The van der Waals surface area contributed by atoms with Gasteiger partial charge in [-0.15, -0.1) is 11.3 Å². The van der Waals surface area contributed by atoms with Gasteiger partial charge in [-0.25, -0.2) is 4.98 Å². The molecule has 1 aliphatic carbocycles. The van der Waals surface area contributed by atoms with E-state index in [2.05, 4.69) is 11.9 Å². The molecule has 100 valence electrons. The van der Waals surface area contributed by atoms with Crippen molar-refractivity contribution >= 4 is 17.3 Å². The number of carbonyl (C=O) groups excluding carboxylic acids is 1. The molecule has 0 aliphatic heterocycles. The Labute approximate surface area is 112 Å². The highest BCUT2D eigenvalue weighted by molar-refractivity contribution is 7.11. The number of esters is 1. The first-order valence-corrected chi connectivity index (χ1v) is 7.06. The minimum atomic E-state index is -0.564. The molecule has 1 unspecified atom stereocenters. The zero-order chi connectivity index (χ0) is 13.3. The standard InChI is InChI=1S/C13H20N2O2S/c1-8-9(2)18-11(15-8)6-13(7-14,10-4-5-10)12(16)17-3/h10H,4-7,14H2,1-3H3. The van der Waals surface area contributed by atoms with Crippen LogP contribution >= 0.6 is 11.3 Å². The van der Waals surface area contributed by atoms with Gasteiger partial charge in [0.2, 0.25) is 0 Å². The summed E-state index contributed by atoms with van der Waals surface area (Å²) in [4.78, 5) is 17.8. The van der Waals surface area contributed by atoms with E-state index in [9.17, 15) is 4.79 Å². The Kier molecular flexibility index (Phi) is 3.73. The van der Waals surface area contributed by atoms with Gasteiger partial charge < -0.3 is 10.5 Å². The van der Waals surface area contributed by atoms with Gasteiger partial charge in [-0.1, -0.05) is 0 Å². The van der Waals surface area contributed by atoms with E-state index in [1.807, 2.05) is 6.92 Å². The molecule has 1 saturated carbocycles. The minimum Gasteiger partial charge on any atom is -0.469 e. The molecule has 1 heterocycles. The van der Waals surface area contributed by atoms with Crippen LogP contribution in [0.4, 0.5) is 0 Å². The first kappa shape index (κ1) is 13.5. The molecule has 4 nitrogen and oxygen atoms in total. The molecule has 0 radical (unpaired) electrons. The molecule has 1 aromatic heterocycles. The summed E-state index contributed by atoms with van der Waals surface area (Å²) in [6.07, 6.45) is 2.74. The van der Waals surface area contributed by atoms with Crippen molar-refractivity contribution in [2.45, 2.75) is 33.1 Å². The number of hydrogen-bond donors (Lipinski definition) is 1. The molecule has 1 atom stereocenters. The van der Waals surface area contributed by atoms with Crippen LogP contribution in [-0.2, 0) is 16.0 Å². The molecule has 1 fully saturated rings. The van der Waals surface area contributed by atoms with Crippen molar-refractivity contribution in [2.24, 2.45) is 17.1 Å². The number of hydrogen-bond acceptors (Lipinski definition) is 5. The number of nitrogens with zero attached hydrogens (tertiary/aromatic N) is 1. The summed E-state index contributed by atoms with van der Waals surface area (Å²) in [6, 6.07) is 0. The Hall–Kier alpha value is -0.940. The third kappa shape index (κ3) is 2.29. The van der Waals surface area contributed by atoms with Crippen LogP contribution in [0.2, 0.25) is 0 Å². The smallest absolute Gasteiger partial charge is 0.313 e. The number of ether oxygens (including phenoxy) is 1. The predicted molar refractivity (Wildman–Crippen MR) is 71.5 cm³/mol. The van der Waals surface area contributed by atoms with E-state index < -0.39 is 5.41 Å². The van der Waals surface area contributed by atoms with Crippen molar-refractivity contribution in [1.29, 1.82) is 0 Å². The number of nitrogens with two attached hydrogens (primary N) is 1. The van der Waals surface area contributed by atoms with Crippen LogP contribution in [0.5, 0.6) is 0 Å². The zero-order valence-electron chi connectivity index (χ0n) is 11.2. The summed E-state index contributed by atoms with van der Waals surface area (Å²) in [5.41, 5.74) is 6.37. The van der Waals surface area contributed by atoms with Crippen LogP contribution in [0.3, 0.4) is 0 Å². The van der Waals surface area contributed by atoms with Crippen molar-refractivity contribution in [3.05, 3.63) is 15.6 Å². The van der Waals surface area contributed by atoms with Gasteiger partial charge >= 0.3 is 5.97 Å². The van der Waals surface area contributed by atoms with E-state index in [0.717, 1.165) is 23.5 Å². The molecular formula is C13H20N2O2S.